The number of sulfonamides is 1. The smallest absolute Gasteiger partial charge is 0.253 e. The Bertz CT molecular complexity index is 642. The Balaban J connectivity index is 2.17. The number of halogens is 1. The monoisotopic (exact) mass is 330 g/mol. The average molecular weight is 331 g/mol. The Kier molecular flexibility index (Phi) is 4.91. The molecule has 0 spiro atoms. The molecule has 1 aromatic rings. The number of amides is 1. The molecule has 21 heavy (non-hydrogen) atoms. The first-order valence-electron chi connectivity index (χ1n) is 6.94. The maximum atomic E-state index is 12.3. The Hall–Kier alpha value is -1.11. The number of nitrogens with two attached hydrogens (primary N) is 1. The predicted molar refractivity (Wildman–Crippen MR) is 81.7 cm³/mol. The molecule has 0 radical (unpaired) electrons. The summed E-state index contributed by atoms with van der Waals surface area (Å²) in [6, 6.07) is 3.96. The van der Waals surface area contributed by atoms with Crippen LogP contribution in [0.25, 0.3) is 0 Å². The van der Waals surface area contributed by atoms with Crippen LogP contribution in [0.3, 0.4) is 0 Å². The quantitative estimate of drug-likeness (QED) is 0.838. The van der Waals surface area contributed by atoms with E-state index in [1.807, 2.05) is 6.92 Å². The van der Waals surface area contributed by atoms with Crippen LogP contribution in [0.4, 0.5) is 0 Å². The normalized spacial score (nSPS) is 16.5. The molecule has 2 rings (SSSR count). The Labute approximate surface area is 129 Å². The van der Waals surface area contributed by atoms with E-state index < -0.39 is 10.0 Å². The zero-order valence-corrected chi connectivity index (χ0v) is 13.4. The second-order valence-electron chi connectivity index (χ2n) is 5.44. The van der Waals surface area contributed by atoms with E-state index in [2.05, 4.69) is 5.32 Å². The molecule has 3 N–H and O–H groups in total. The maximum absolute atomic E-state index is 12.3. The van der Waals surface area contributed by atoms with Gasteiger partial charge in [0.15, 0.2) is 0 Å². The summed E-state index contributed by atoms with van der Waals surface area (Å²) in [6.45, 7) is 2.01. The van der Waals surface area contributed by atoms with Crippen molar-refractivity contribution in [2.75, 3.05) is 0 Å². The Morgan fingerprint density at radius 2 is 2.14 bits per heavy atom. The van der Waals surface area contributed by atoms with E-state index in [0.717, 1.165) is 12.8 Å². The number of benzene rings is 1. The highest BCUT2D eigenvalue weighted by atomic mass is 35.5. The van der Waals surface area contributed by atoms with Gasteiger partial charge in [-0.3, -0.25) is 4.79 Å². The summed E-state index contributed by atoms with van der Waals surface area (Å²) >= 11 is 5.99. The standard InChI is InChI=1S/C14H19ClN2O3S/c1-2-10(7-9-3-4-9)17-14(18)12-8-11(21(16,19)20)5-6-13(12)15/h5-6,8-10H,2-4,7H2,1H3,(H,17,18)(H2,16,19,20). The predicted octanol–water partition coefficient (Wildman–Crippen LogP) is 2.30. The van der Waals surface area contributed by atoms with Crippen LogP contribution in [0, 0.1) is 5.92 Å². The zero-order valence-electron chi connectivity index (χ0n) is 11.8. The van der Waals surface area contributed by atoms with Crippen molar-refractivity contribution in [3.8, 4) is 0 Å². The highest BCUT2D eigenvalue weighted by molar-refractivity contribution is 7.89. The molecule has 5 nitrogen and oxygen atoms in total. The lowest BCUT2D eigenvalue weighted by atomic mass is 10.1. The first kappa shape index (κ1) is 16.3. The molecule has 1 aromatic carbocycles. The minimum Gasteiger partial charge on any atom is -0.349 e. The second-order valence-corrected chi connectivity index (χ2v) is 7.41. The zero-order chi connectivity index (χ0) is 15.6. The molecule has 1 saturated carbocycles. The van der Waals surface area contributed by atoms with Crippen LogP contribution in [0.2, 0.25) is 5.02 Å². The van der Waals surface area contributed by atoms with Crippen LogP contribution in [0.5, 0.6) is 0 Å². The average Bonchev–Trinajstić information content (AvgIpc) is 3.20. The SMILES string of the molecule is CCC(CC1CC1)NC(=O)c1cc(S(N)(=O)=O)ccc1Cl. The number of carbonyl (C=O) groups excluding carboxylic acids is 1. The molecule has 116 valence electrons. The van der Waals surface area contributed by atoms with Crippen molar-refractivity contribution in [1.82, 2.24) is 5.32 Å². The van der Waals surface area contributed by atoms with Gasteiger partial charge in [0.05, 0.1) is 15.5 Å². The largest absolute Gasteiger partial charge is 0.349 e. The molecule has 0 bridgehead atoms. The van der Waals surface area contributed by atoms with Crippen LogP contribution in [-0.4, -0.2) is 20.4 Å². The van der Waals surface area contributed by atoms with E-state index >= 15 is 0 Å². The van der Waals surface area contributed by atoms with Crippen molar-refractivity contribution < 1.29 is 13.2 Å². The van der Waals surface area contributed by atoms with Crippen molar-refractivity contribution in [3.05, 3.63) is 28.8 Å². The van der Waals surface area contributed by atoms with Crippen LogP contribution in [-0.2, 0) is 10.0 Å². The molecule has 1 aliphatic rings. The molecular formula is C14H19ClN2O3S. The van der Waals surface area contributed by atoms with E-state index in [9.17, 15) is 13.2 Å². The van der Waals surface area contributed by atoms with Gasteiger partial charge in [-0.25, -0.2) is 13.6 Å². The van der Waals surface area contributed by atoms with E-state index in [1.165, 1.54) is 31.0 Å². The number of hydrogen-bond acceptors (Lipinski definition) is 3. The first-order chi connectivity index (χ1) is 9.81. The van der Waals surface area contributed by atoms with Gasteiger partial charge in [0.2, 0.25) is 10.0 Å². The molecule has 1 amide bonds. The third kappa shape index (κ3) is 4.43. The topological polar surface area (TPSA) is 89.3 Å². The summed E-state index contributed by atoms with van der Waals surface area (Å²) < 4.78 is 22.7. The second kappa shape index (κ2) is 6.34. The van der Waals surface area contributed by atoms with Gasteiger partial charge >= 0.3 is 0 Å². The summed E-state index contributed by atoms with van der Waals surface area (Å²) in [4.78, 5) is 12.2. The van der Waals surface area contributed by atoms with Gasteiger partial charge in [0.25, 0.3) is 5.91 Å². The van der Waals surface area contributed by atoms with Gasteiger partial charge in [-0.2, -0.15) is 0 Å². The fraction of sp³-hybridized carbons (Fsp3) is 0.500. The molecule has 1 aliphatic carbocycles. The van der Waals surface area contributed by atoms with Gasteiger partial charge in [0, 0.05) is 6.04 Å². The third-order valence-corrected chi connectivity index (χ3v) is 4.89. The number of primary sulfonamides is 1. The lowest BCUT2D eigenvalue weighted by Crippen LogP contribution is -2.35. The van der Waals surface area contributed by atoms with Gasteiger partial charge in [-0.1, -0.05) is 31.4 Å². The Morgan fingerprint density at radius 1 is 1.48 bits per heavy atom. The third-order valence-electron chi connectivity index (χ3n) is 3.65. The Morgan fingerprint density at radius 3 is 2.67 bits per heavy atom. The van der Waals surface area contributed by atoms with Crippen LogP contribution in [0.1, 0.15) is 43.0 Å². The lowest BCUT2D eigenvalue weighted by Gasteiger charge is -2.17. The van der Waals surface area contributed by atoms with Crippen molar-refractivity contribution >= 4 is 27.5 Å². The van der Waals surface area contributed by atoms with E-state index in [4.69, 9.17) is 16.7 Å². The number of nitrogens with one attached hydrogen (secondary N) is 1. The molecule has 1 unspecified atom stereocenters. The van der Waals surface area contributed by atoms with Gasteiger partial charge in [-0.05, 0) is 37.0 Å². The molecule has 1 atom stereocenters. The first-order valence-corrected chi connectivity index (χ1v) is 8.87. The molecule has 0 aliphatic heterocycles. The van der Waals surface area contributed by atoms with Crippen molar-refractivity contribution in [2.45, 2.75) is 43.5 Å². The van der Waals surface area contributed by atoms with Crippen LogP contribution in [0.15, 0.2) is 23.1 Å². The number of carbonyl (C=O) groups is 1. The highest BCUT2D eigenvalue weighted by Crippen LogP contribution is 2.34. The minimum atomic E-state index is -3.86. The summed E-state index contributed by atoms with van der Waals surface area (Å²) in [5, 5.41) is 8.20. The number of hydrogen-bond donors (Lipinski definition) is 2. The van der Waals surface area contributed by atoms with Crippen molar-refractivity contribution in [1.29, 1.82) is 0 Å². The summed E-state index contributed by atoms with van der Waals surface area (Å²) in [5.41, 5.74) is 0.137. The molecule has 1 fully saturated rings. The van der Waals surface area contributed by atoms with Gasteiger partial charge in [-0.15, -0.1) is 0 Å². The molecule has 0 aromatic heterocycles. The fourth-order valence-corrected chi connectivity index (χ4v) is 2.95. The maximum Gasteiger partial charge on any atom is 0.253 e. The summed E-state index contributed by atoms with van der Waals surface area (Å²) in [5.74, 6) is 0.333. The van der Waals surface area contributed by atoms with Crippen LogP contribution < -0.4 is 10.5 Å². The molecule has 0 saturated heterocycles. The summed E-state index contributed by atoms with van der Waals surface area (Å²) in [6.07, 6.45) is 4.21. The van der Waals surface area contributed by atoms with Crippen LogP contribution >= 0.6 is 11.6 Å². The van der Waals surface area contributed by atoms with E-state index in [1.54, 1.807) is 0 Å². The highest BCUT2D eigenvalue weighted by Gasteiger charge is 2.26. The minimum absolute atomic E-state index is 0.0826. The van der Waals surface area contributed by atoms with Gasteiger partial charge in [0.1, 0.15) is 0 Å². The number of rotatable bonds is 6. The van der Waals surface area contributed by atoms with E-state index in [0.29, 0.717) is 5.92 Å². The van der Waals surface area contributed by atoms with Gasteiger partial charge < -0.3 is 5.32 Å². The lowest BCUT2D eigenvalue weighted by molar-refractivity contribution is 0.0932. The molecular weight excluding hydrogens is 312 g/mol. The van der Waals surface area contributed by atoms with Crippen molar-refractivity contribution in [3.63, 3.8) is 0 Å². The van der Waals surface area contributed by atoms with E-state index in [-0.39, 0.29) is 27.4 Å². The fourth-order valence-electron chi connectivity index (χ4n) is 2.20. The van der Waals surface area contributed by atoms with Crippen molar-refractivity contribution in [2.24, 2.45) is 11.1 Å². The summed E-state index contributed by atoms with van der Waals surface area (Å²) in [7, 11) is -3.86. The molecule has 0 heterocycles. The molecule has 7 heteroatoms.